The molecule has 2 rings (SSSR count). The zero-order valence-electron chi connectivity index (χ0n) is 15.3. The van der Waals surface area contributed by atoms with Gasteiger partial charge in [0, 0.05) is 17.8 Å². The van der Waals surface area contributed by atoms with Crippen LogP contribution in [0.3, 0.4) is 0 Å². The van der Waals surface area contributed by atoms with E-state index in [9.17, 15) is 31.1 Å². The molecule has 0 saturated carbocycles. The normalized spacial score (nSPS) is 13.6. The van der Waals surface area contributed by atoms with Gasteiger partial charge in [-0.05, 0) is 43.2 Å². The maximum atomic E-state index is 12.9. The quantitative estimate of drug-likeness (QED) is 0.659. The van der Waals surface area contributed by atoms with Crippen LogP contribution >= 0.6 is 0 Å². The molecule has 0 aliphatic heterocycles. The van der Waals surface area contributed by atoms with Gasteiger partial charge in [0.25, 0.3) is 5.91 Å². The van der Waals surface area contributed by atoms with Gasteiger partial charge in [-0.2, -0.15) is 31.4 Å². The molecule has 0 fully saturated rings. The molecule has 1 aromatic heterocycles. The van der Waals surface area contributed by atoms with Crippen LogP contribution in [-0.2, 0) is 6.18 Å². The van der Waals surface area contributed by atoms with Gasteiger partial charge in [-0.1, -0.05) is 13.8 Å². The second-order valence-corrected chi connectivity index (χ2v) is 6.72. The molecule has 0 N–H and O–H groups in total. The van der Waals surface area contributed by atoms with Crippen molar-refractivity contribution in [2.24, 2.45) is 5.92 Å². The lowest BCUT2D eigenvalue weighted by molar-refractivity contribution is -0.145. The lowest BCUT2D eigenvalue weighted by atomic mass is 10.0. The SMILES string of the molecule is CC(C)C(C)N(CC(F)(F)F)C(=O)c1ccc(-n2ccc(C(F)(F)F)n2)cc1. The lowest BCUT2D eigenvalue weighted by Crippen LogP contribution is -2.46. The second-order valence-electron chi connectivity index (χ2n) is 6.72. The fraction of sp³-hybridized carbons (Fsp3) is 0.444. The molecule has 1 atom stereocenters. The van der Waals surface area contributed by atoms with Gasteiger partial charge in [0.05, 0.1) is 5.69 Å². The number of rotatable bonds is 5. The minimum Gasteiger partial charge on any atom is -0.327 e. The van der Waals surface area contributed by atoms with E-state index in [-0.39, 0.29) is 17.2 Å². The number of nitrogens with zero attached hydrogens (tertiary/aromatic N) is 3. The Morgan fingerprint density at radius 1 is 1.04 bits per heavy atom. The number of alkyl halides is 6. The molecule has 1 amide bonds. The first-order valence-electron chi connectivity index (χ1n) is 8.40. The smallest absolute Gasteiger partial charge is 0.327 e. The molecule has 0 saturated heterocycles. The van der Waals surface area contributed by atoms with Gasteiger partial charge in [-0.25, -0.2) is 4.68 Å². The summed E-state index contributed by atoms with van der Waals surface area (Å²) < 4.78 is 77.6. The fourth-order valence-corrected chi connectivity index (χ4v) is 2.50. The molecule has 0 aliphatic carbocycles. The topological polar surface area (TPSA) is 38.1 Å². The van der Waals surface area contributed by atoms with Crippen LogP contribution in [-0.4, -0.2) is 39.4 Å². The summed E-state index contributed by atoms with van der Waals surface area (Å²) in [6.45, 7) is 3.56. The van der Waals surface area contributed by atoms with Crippen molar-refractivity contribution in [2.75, 3.05) is 6.54 Å². The third kappa shape index (κ3) is 5.26. The Hall–Kier alpha value is -2.52. The molecule has 1 unspecified atom stereocenters. The summed E-state index contributed by atoms with van der Waals surface area (Å²) in [4.78, 5) is 13.4. The van der Waals surface area contributed by atoms with Crippen molar-refractivity contribution in [2.45, 2.75) is 39.2 Å². The summed E-state index contributed by atoms with van der Waals surface area (Å²) in [5.74, 6) is -1.00. The average molecular weight is 407 g/mol. The third-order valence-electron chi connectivity index (χ3n) is 4.33. The van der Waals surface area contributed by atoms with E-state index in [1.807, 2.05) is 0 Å². The van der Waals surface area contributed by atoms with Crippen molar-refractivity contribution in [3.63, 3.8) is 0 Å². The number of carbonyl (C=O) groups excluding carboxylic acids is 1. The van der Waals surface area contributed by atoms with E-state index >= 15 is 0 Å². The molecule has 0 radical (unpaired) electrons. The molecule has 4 nitrogen and oxygen atoms in total. The Morgan fingerprint density at radius 2 is 1.61 bits per heavy atom. The minimum absolute atomic E-state index is 0.00343. The van der Waals surface area contributed by atoms with E-state index in [0.717, 1.165) is 21.8 Å². The van der Waals surface area contributed by atoms with Crippen LogP contribution in [0.2, 0.25) is 0 Å². The molecule has 1 heterocycles. The monoisotopic (exact) mass is 407 g/mol. The predicted octanol–water partition coefficient (Wildman–Crippen LogP) is 4.94. The first-order valence-corrected chi connectivity index (χ1v) is 8.40. The van der Waals surface area contributed by atoms with Crippen molar-refractivity contribution < 1.29 is 31.1 Å². The Morgan fingerprint density at radius 3 is 2.04 bits per heavy atom. The largest absolute Gasteiger partial charge is 0.435 e. The van der Waals surface area contributed by atoms with Crippen LogP contribution in [0.5, 0.6) is 0 Å². The van der Waals surface area contributed by atoms with Gasteiger partial charge < -0.3 is 4.90 Å². The van der Waals surface area contributed by atoms with Crippen LogP contribution < -0.4 is 0 Å². The van der Waals surface area contributed by atoms with E-state index in [4.69, 9.17) is 0 Å². The van der Waals surface area contributed by atoms with Crippen LogP contribution in [0.1, 0.15) is 36.8 Å². The van der Waals surface area contributed by atoms with Crippen molar-refractivity contribution in [3.8, 4) is 5.69 Å². The van der Waals surface area contributed by atoms with Crippen LogP contribution in [0.15, 0.2) is 36.5 Å². The van der Waals surface area contributed by atoms with Crippen molar-refractivity contribution >= 4 is 5.91 Å². The molecule has 2 aromatic rings. The van der Waals surface area contributed by atoms with E-state index in [1.54, 1.807) is 13.8 Å². The number of aromatic nitrogens is 2. The Labute approximate surface area is 157 Å². The first-order chi connectivity index (χ1) is 12.8. The number of hydrogen-bond donors (Lipinski definition) is 0. The lowest BCUT2D eigenvalue weighted by Gasteiger charge is -2.32. The number of benzene rings is 1. The summed E-state index contributed by atoms with van der Waals surface area (Å²) in [5.41, 5.74) is -0.829. The fourth-order valence-electron chi connectivity index (χ4n) is 2.50. The molecule has 1 aromatic carbocycles. The van der Waals surface area contributed by atoms with Crippen molar-refractivity contribution in [3.05, 3.63) is 47.8 Å². The highest BCUT2D eigenvalue weighted by molar-refractivity contribution is 5.94. The Kier molecular flexibility index (Phi) is 6.10. The zero-order chi connectivity index (χ0) is 21.3. The highest BCUT2D eigenvalue weighted by Crippen LogP contribution is 2.28. The molecule has 0 spiro atoms. The number of hydrogen-bond acceptors (Lipinski definition) is 2. The zero-order valence-corrected chi connectivity index (χ0v) is 15.3. The van der Waals surface area contributed by atoms with Gasteiger partial charge in [-0.15, -0.1) is 0 Å². The summed E-state index contributed by atoms with van der Waals surface area (Å²) in [7, 11) is 0. The molecule has 0 bridgehead atoms. The highest BCUT2D eigenvalue weighted by atomic mass is 19.4. The standard InChI is InChI=1S/C18H19F6N3O/c1-11(2)12(3)26(10-17(19,20)21)16(28)13-4-6-14(7-5-13)27-9-8-15(25-27)18(22,23)24/h4-9,11-12H,10H2,1-3H3. The van der Waals surface area contributed by atoms with Gasteiger partial charge in [-0.3, -0.25) is 4.79 Å². The van der Waals surface area contributed by atoms with Gasteiger partial charge >= 0.3 is 12.4 Å². The summed E-state index contributed by atoms with van der Waals surface area (Å²) >= 11 is 0. The third-order valence-corrected chi connectivity index (χ3v) is 4.33. The molecule has 154 valence electrons. The van der Waals surface area contributed by atoms with Crippen molar-refractivity contribution in [1.29, 1.82) is 0 Å². The van der Waals surface area contributed by atoms with Crippen molar-refractivity contribution in [1.82, 2.24) is 14.7 Å². The summed E-state index contributed by atoms with van der Waals surface area (Å²) in [6, 6.07) is 5.33. The van der Waals surface area contributed by atoms with Gasteiger partial charge in [0.2, 0.25) is 0 Å². The van der Waals surface area contributed by atoms with E-state index in [0.29, 0.717) is 0 Å². The van der Waals surface area contributed by atoms with E-state index < -0.39 is 36.5 Å². The number of halogens is 6. The van der Waals surface area contributed by atoms with E-state index in [2.05, 4.69) is 5.10 Å². The molecular weight excluding hydrogens is 388 g/mol. The Balaban J connectivity index is 2.27. The Bertz CT molecular complexity index is 808. The van der Waals surface area contributed by atoms with Crippen LogP contribution in [0.25, 0.3) is 5.69 Å². The summed E-state index contributed by atoms with van der Waals surface area (Å²) in [6.07, 6.45) is -8.04. The highest BCUT2D eigenvalue weighted by Gasteiger charge is 2.36. The maximum absolute atomic E-state index is 12.9. The average Bonchev–Trinajstić information content (AvgIpc) is 3.08. The first kappa shape index (κ1) is 21.8. The maximum Gasteiger partial charge on any atom is 0.435 e. The van der Waals surface area contributed by atoms with Gasteiger partial charge in [0.1, 0.15) is 6.54 Å². The predicted molar refractivity (Wildman–Crippen MR) is 90.0 cm³/mol. The van der Waals surface area contributed by atoms with Gasteiger partial charge in [0.15, 0.2) is 5.69 Å². The minimum atomic E-state index is -4.59. The summed E-state index contributed by atoms with van der Waals surface area (Å²) in [5, 5.41) is 3.41. The molecule has 10 heteroatoms. The van der Waals surface area contributed by atoms with Crippen LogP contribution in [0, 0.1) is 5.92 Å². The molecule has 0 aliphatic rings. The molecular formula is C18H19F6N3O. The second kappa shape index (κ2) is 7.84. The van der Waals surface area contributed by atoms with E-state index in [1.165, 1.54) is 31.2 Å². The van der Waals surface area contributed by atoms with Crippen LogP contribution in [0.4, 0.5) is 26.3 Å². The number of amides is 1. The number of carbonyl (C=O) groups is 1. The molecule has 28 heavy (non-hydrogen) atoms.